The molecule has 0 aliphatic heterocycles. The summed E-state index contributed by atoms with van der Waals surface area (Å²) in [6.45, 7) is 0.0769. The number of hydrogen-bond donors (Lipinski definition) is 1. The minimum atomic E-state index is -0.598. The van der Waals surface area contributed by atoms with Crippen LogP contribution in [-0.2, 0) is 16.0 Å². The van der Waals surface area contributed by atoms with Crippen LogP contribution >= 0.6 is 0 Å². The topological polar surface area (TPSA) is 87.0 Å². The summed E-state index contributed by atoms with van der Waals surface area (Å²) >= 11 is 0. The molecule has 7 heteroatoms. The average Bonchev–Trinajstić information content (AvgIpc) is 3.14. The molecule has 7 nitrogen and oxygen atoms in total. The van der Waals surface area contributed by atoms with Gasteiger partial charge in [-0.3, -0.25) is 4.79 Å². The fourth-order valence-corrected chi connectivity index (χ4v) is 2.03. The van der Waals surface area contributed by atoms with E-state index < -0.39 is 5.97 Å². The normalized spacial score (nSPS) is 10.1. The van der Waals surface area contributed by atoms with E-state index in [1.165, 1.54) is 18.6 Å². The van der Waals surface area contributed by atoms with Crippen molar-refractivity contribution in [1.29, 1.82) is 0 Å². The first-order chi connectivity index (χ1) is 11.6. The number of benzene rings is 1. The van der Waals surface area contributed by atoms with Gasteiger partial charge in [-0.15, -0.1) is 0 Å². The quantitative estimate of drug-likeness (QED) is 0.742. The fourth-order valence-electron chi connectivity index (χ4n) is 2.03. The third-order valence-corrected chi connectivity index (χ3v) is 3.28. The van der Waals surface area contributed by atoms with E-state index in [1.54, 1.807) is 14.2 Å². The minimum absolute atomic E-state index is 0.271. The van der Waals surface area contributed by atoms with Gasteiger partial charge in [-0.2, -0.15) is 0 Å². The van der Waals surface area contributed by atoms with Crippen LogP contribution in [0.15, 0.2) is 41.2 Å². The predicted molar refractivity (Wildman–Crippen MR) is 85.3 cm³/mol. The number of furan rings is 1. The van der Waals surface area contributed by atoms with Crippen LogP contribution in [0.3, 0.4) is 0 Å². The van der Waals surface area contributed by atoms with Crippen molar-refractivity contribution in [2.24, 2.45) is 0 Å². The van der Waals surface area contributed by atoms with E-state index in [-0.39, 0.29) is 18.1 Å². The lowest BCUT2D eigenvalue weighted by atomic mass is 10.1. The Morgan fingerprint density at radius 1 is 1.12 bits per heavy atom. The minimum Gasteiger partial charge on any atom is -0.493 e. The van der Waals surface area contributed by atoms with Gasteiger partial charge in [-0.1, -0.05) is 6.07 Å². The Labute approximate surface area is 139 Å². The molecule has 1 aromatic carbocycles. The lowest BCUT2D eigenvalue weighted by molar-refractivity contribution is -0.124. The molecule has 0 aliphatic carbocycles. The maximum Gasteiger partial charge on any atom is 0.341 e. The molecule has 0 fully saturated rings. The largest absolute Gasteiger partial charge is 0.493 e. The highest BCUT2D eigenvalue weighted by molar-refractivity contribution is 5.90. The molecule has 2 aromatic rings. The molecule has 1 heterocycles. The second kappa shape index (κ2) is 8.61. The molecule has 0 spiro atoms. The second-order valence-electron chi connectivity index (χ2n) is 4.88. The van der Waals surface area contributed by atoms with Crippen LogP contribution in [0, 0.1) is 0 Å². The maximum atomic E-state index is 11.7. The Kier molecular flexibility index (Phi) is 6.24. The molecule has 128 valence electrons. The number of rotatable bonds is 8. The molecule has 0 saturated carbocycles. The van der Waals surface area contributed by atoms with Crippen molar-refractivity contribution >= 4 is 11.9 Å². The molecule has 1 N–H and O–H groups in total. The zero-order valence-electron chi connectivity index (χ0n) is 13.5. The number of nitrogens with one attached hydrogen (secondary N) is 1. The number of carbonyl (C=O) groups excluding carboxylic acids is 2. The molecule has 0 bridgehead atoms. The van der Waals surface area contributed by atoms with E-state index >= 15 is 0 Å². The summed E-state index contributed by atoms with van der Waals surface area (Å²) in [6, 6.07) is 7.02. The summed E-state index contributed by atoms with van der Waals surface area (Å²) < 4.78 is 20.0. The van der Waals surface area contributed by atoms with Crippen LogP contribution in [0.25, 0.3) is 0 Å². The molecule has 0 saturated heterocycles. The van der Waals surface area contributed by atoms with Crippen molar-refractivity contribution < 1.29 is 28.2 Å². The van der Waals surface area contributed by atoms with E-state index in [0.717, 1.165) is 5.56 Å². The highest BCUT2D eigenvalue weighted by Crippen LogP contribution is 2.27. The van der Waals surface area contributed by atoms with Crippen molar-refractivity contribution in [3.63, 3.8) is 0 Å². The lowest BCUT2D eigenvalue weighted by Crippen LogP contribution is -2.30. The van der Waals surface area contributed by atoms with E-state index in [0.29, 0.717) is 24.5 Å². The van der Waals surface area contributed by atoms with Crippen molar-refractivity contribution in [3.05, 3.63) is 47.9 Å². The summed E-state index contributed by atoms with van der Waals surface area (Å²) in [5.41, 5.74) is 1.26. The van der Waals surface area contributed by atoms with E-state index in [9.17, 15) is 9.59 Å². The molecule has 1 aromatic heterocycles. The Morgan fingerprint density at radius 2 is 1.92 bits per heavy atom. The second-order valence-corrected chi connectivity index (χ2v) is 4.88. The highest BCUT2D eigenvalue weighted by atomic mass is 16.5. The van der Waals surface area contributed by atoms with Crippen LogP contribution < -0.4 is 14.8 Å². The first-order valence-corrected chi connectivity index (χ1v) is 7.31. The smallest absolute Gasteiger partial charge is 0.341 e. The predicted octanol–water partition coefficient (Wildman–Crippen LogP) is 1.81. The van der Waals surface area contributed by atoms with E-state index in [1.807, 2.05) is 18.2 Å². The molecule has 1 amide bonds. The molecule has 0 unspecified atom stereocenters. The van der Waals surface area contributed by atoms with Crippen molar-refractivity contribution in [2.45, 2.75) is 6.42 Å². The van der Waals surface area contributed by atoms with Gasteiger partial charge in [0.15, 0.2) is 18.1 Å². The number of esters is 1. The Morgan fingerprint density at radius 3 is 2.58 bits per heavy atom. The first kappa shape index (κ1) is 17.4. The zero-order chi connectivity index (χ0) is 17.4. The van der Waals surface area contributed by atoms with Gasteiger partial charge in [0.2, 0.25) is 0 Å². The molecule has 0 atom stereocenters. The summed E-state index contributed by atoms with van der Waals surface area (Å²) in [7, 11) is 3.14. The lowest BCUT2D eigenvalue weighted by Gasteiger charge is -2.10. The van der Waals surface area contributed by atoms with Crippen LogP contribution in [0.4, 0.5) is 0 Å². The number of hydrogen-bond acceptors (Lipinski definition) is 6. The number of methoxy groups -OCH3 is 2. The molecule has 0 radical (unpaired) electrons. The molecule has 24 heavy (non-hydrogen) atoms. The standard InChI is InChI=1S/C17H19NO6/c1-21-14-4-3-12(9-15(14)22-2)5-7-18-16(19)11-24-17(20)13-6-8-23-10-13/h3-4,6,8-10H,5,7,11H2,1-2H3,(H,18,19). The van der Waals surface area contributed by atoms with Gasteiger partial charge >= 0.3 is 5.97 Å². The van der Waals surface area contributed by atoms with Gasteiger partial charge in [0.25, 0.3) is 5.91 Å². The van der Waals surface area contributed by atoms with Crippen LogP contribution in [-0.4, -0.2) is 39.2 Å². The summed E-state index contributed by atoms with van der Waals surface area (Å²) in [4.78, 5) is 23.2. The van der Waals surface area contributed by atoms with Gasteiger partial charge in [-0.25, -0.2) is 4.79 Å². The number of amides is 1. The van der Waals surface area contributed by atoms with Crippen molar-refractivity contribution in [2.75, 3.05) is 27.4 Å². The van der Waals surface area contributed by atoms with Crippen LogP contribution in [0.2, 0.25) is 0 Å². The number of carbonyl (C=O) groups is 2. The monoisotopic (exact) mass is 333 g/mol. The van der Waals surface area contributed by atoms with Gasteiger partial charge in [-0.05, 0) is 30.2 Å². The summed E-state index contributed by atoms with van der Waals surface area (Å²) in [5.74, 6) is 0.318. The Balaban J connectivity index is 1.73. The van der Waals surface area contributed by atoms with Crippen LogP contribution in [0.1, 0.15) is 15.9 Å². The van der Waals surface area contributed by atoms with E-state index in [4.69, 9.17) is 18.6 Å². The summed E-state index contributed by atoms with van der Waals surface area (Å²) in [5, 5.41) is 2.69. The molecule has 0 aliphatic rings. The van der Waals surface area contributed by atoms with Crippen molar-refractivity contribution in [3.8, 4) is 11.5 Å². The Bertz CT molecular complexity index is 680. The third-order valence-electron chi connectivity index (χ3n) is 3.28. The first-order valence-electron chi connectivity index (χ1n) is 7.31. The maximum absolute atomic E-state index is 11.7. The average molecular weight is 333 g/mol. The number of ether oxygens (including phenoxy) is 3. The van der Waals surface area contributed by atoms with Crippen LogP contribution in [0.5, 0.6) is 11.5 Å². The van der Waals surface area contributed by atoms with Gasteiger partial charge in [0.05, 0.1) is 26.0 Å². The zero-order valence-corrected chi connectivity index (χ0v) is 13.5. The van der Waals surface area contributed by atoms with Gasteiger partial charge in [0.1, 0.15) is 6.26 Å². The summed E-state index contributed by atoms with van der Waals surface area (Å²) in [6.07, 6.45) is 3.23. The van der Waals surface area contributed by atoms with Crippen molar-refractivity contribution in [1.82, 2.24) is 5.32 Å². The van der Waals surface area contributed by atoms with Gasteiger partial charge in [0, 0.05) is 6.54 Å². The Hall–Kier alpha value is -2.96. The fraction of sp³-hybridized carbons (Fsp3) is 0.294. The van der Waals surface area contributed by atoms with E-state index in [2.05, 4.69) is 5.32 Å². The molecular formula is C17H19NO6. The highest BCUT2D eigenvalue weighted by Gasteiger charge is 2.11. The molecule has 2 rings (SSSR count). The molecular weight excluding hydrogens is 314 g/mol. The SMILES string of the molecule is COc1ccc(CCNC(=O)COC(=O)c2ccoc2)cc1OC. The third kappa shape index (κ3) is 4.77. The van der Waals surface area contributed by atoms with Gasteiger partial charge < -0.3 is 23.9 Å².